The summed E-state index contributed by atoms with van der Waals surface area (Å²) in [4.78, 5) is 22.6. The fourth-order valence-electron chi connectivity index (χ4n) is 1.80. The molecule has 2 rings (SSSR count). The van der Waals surface area contributed by atoms with Gasteiger partial charge in [-0.05, 0) is 24.1 Å². The number of rotatable bonds is 5. The molecular weight excluding hydrogens is 258 g/mol. The third kappa shape index (κ3) is 3.26. The number of carboxylic acids is 1. The minimum absolute atomic E-state index is 0.0277. The van der Waals surface area contributed by atoms with Crippen molar-refractivity contribution in [2.45, 2.75) is 19.8 Å². The largest absolute Gasteiger partial charge is 0.478 e. The summed E-state index contributed by atoms with van der Waals surface area (Å²) in [5.41, 5.74) is 1.80. The standard InChI is InChI=1S/C15H15NO4/c1-2-3-10-4-6-12(7-5-10)16-14(17)13-8-11(9-20-13)15(18)19/h4-9H,2-3H2,1H3,(H,16,17)(H,18,19). The van der Waals surface area contributed by atoms with Gasteiger partial charge in [-0.25, -0.2) is 4.79 Å². The van der Waals surface area contributed by atoms with Crippen molar-refractivity contribution in [1.29, 1.82) is 0 Å². The Hall–Kier alpha value is -2.56. The Labute approximate surface area is 116 Å². The third-order valence-corrected chi connectivity index (χ3v) is 2.82. The molecule has 0 saturated carbocycles. The van der Waals surface area contributed by atoms with Gasteiger partial charge in [0, 0.05) is 11.8 Å². The summed E-state index contributed by atoms with van der Waals surface area (Å²) in [6.07, 6.45) is 3.10. The topological polar surface area (TPSA) is 79.5 Å². The van der Waals surface area contributed by atoms with Crippen LogP contribution in [0.5, 0.6) is 0 Å². The lowest BCUT2D eigenvalue weighted by Gasteiger charge is -2.04. The van der Waals surface area contributed by atoms with Crippen molar-refractivity contribution in [1.82, 2.24) is 0 Å². The minimum atomic E-state index is -1.13. The van der Waals surface area contributed by atoms with E-state index in [1.807, 2.05) is 24.3 Å². The monoisotopic (exact) mass is 273 g/mol. The van der Waals surface area contributed by atoms with E-state index in [0.717, 1.165) is 19.1 Å². The van der Waals surface area contributed by atoms with E-state index in [0.29, 0.717) is 5.69 Å². The van der Waals surface area contributed by atoms with Crippen LogP contribution in [0.3, 0.4) is 0 Å². The second-order valence-corrected chi connectivity index (χ2v) is 4.41. The average molecular weight is 273 g/mol. The van der Waals surface area contributed by atoms with Gasteiger partial charge < -0.3 is 14.8 Å². The quantitative estimate of drug-likeness (QED) is 0.876. The number of amides is 1. The van der Waals surface area contributed by atoms with Crippen LogP contribution in [0.1, 0.15) is 39.8 Å². The predicted molar refractivity (Wildman–Crippen MR) is 74.1 cm³/mol. The fourth-order valence-corrected chi connectivity index (χ4v) is 1.80. The number of carbonyl (C=O) groups excluding carboxylic acids is 1. The second-order valence-electron chi connectivity index (χ2n) is 4.41. The summed E-state index contributed by atoms with van der Waals surface area (Å²) in [5.74, 6) is -1.63. The van der Waals surface area contributed by atoms with E-state index in [-0.39, 0.29) is 11.3 Å². The molecule has 2 aromatic rings. The van der Waals surface area contributed by atoms with Crippen LogP contribution in [0.15, 0.2) is 41.0 Å². The first-order chi connectivity index (χ1) is 9.60. The molecular formula is C15H15NO4. The van der Waals surface area contributed by atoms with Gasteiger partial charge in [-0.1, -0.05) is 25.5 Å². The molecule has 0 radical (unpaired) electrons. The van der Waals surface area contributed by atoms with Crippen molar-refractivity contribution < 1.29 is 19.1 Å². The Morgan fingerprint density at radius 2 is 1.95 bits per heavy atom. The molecule has 2 N–H and O–H groups in total. The number of aryl methyl sites for hydroxylation is 1. The van der Waals surface area contributed by atoms with Gasteiger partial charge in [0.25, 0.3) is 5.91 Å². The minimum Gasteiger partial charge on any atom is -0.478 e. The lowest BCUT2D eigenvalue weighted by atomic mass is 10.1. The number of carbonyl (C=O) groups is 2. The van der Waals surface area contributed by atoms with Gasteiger partial charge in [-0.2, -0.15) is 0 Å². The fraction of sp³-hybridized carbons (Fsp3) is 0.200. The second kappa shape index (κ2) is 6.06. The van der Waals surface area contributed by atoms with E-state index >= 15 is 0 Å². The van der Waals surface area contributed by atoms with Gasteiger partial charge in [-0.15, -0.1) is 0 Å². The average Bonchev–Trinajstić information content (AvgIpc) is 2.91. The molecule has 0 spiro atoms. The number of benzene rings is 1. The molecule has 0 bridgehead atoms. The van der Waals surface area contributed by atoms with Crippen molar-refractivity contribution >= 4 is 17.6 Å². The van der Waals surface area contributed by atoms with Gasteiger partial charge >= 0.3 is 5.97 Å². The summed E-state index contributed by atoms with van der Waals surface area (Å²) >= 11 is 0. The van der Waals surface area contributed by atoms with E-state index in [4.69, 9.17) is 9.52 Å². The van der Waals surface area contributed by atoms with Crippen molar-refractivity contribution in [2.24, 2.45) is 0 Å². The summed E-state index contributed by atoms with van der Waals surface area (Å²) in [6, 6.07) is 8.71. The Morgan fingerprint density at radius 1 is 1.25 bits per heavy atom. The first-order valence-corrected chi connectivity index (χ1v) is 6.32. The molecule has 0 saturated heterocycles. The first-order valence-electron chi connectivity index (χ1n) is 6.32. The zero-order chi connectivity index (χ0) is 14.5. The number of furan rings is 1. The molecule has 5 nitrogen and oxygen atoms in total. The molecule has 0 aliphatic carbocycles. The van der Waals surface area contributed by atoms with Crippen LogP contribution in [0.2, 0.25) is 0 Å². The van der Waals surface area contributed by atoms with Crippen LogP contribution in [-0.4, -0.2) is 17.0 Å². The summed E-state index contributed by atoms with van der Waals surface area (Å²) < 4.78 is 4.93. The van der Waals surface area contributed by atoms with E-state index < -0.39 is 11.9 Å². The number of nitrogens with one attached hydrogen (secondary N) is 1. The smallest absolute Gasteiger partial charge is 0.338 e. The molecule has 0 atom stereocenters. The van der Waals surface area contributed by atoms with Crippen LogP contribution < -0.4 is 5.32 Å². The molecule has 1 amide bonds. The summed E-state index contributed by atoms with van der Waals surface area (Å²) in [6.45, 7) is 2.10. The predicted octanol–water partition coefficient (Wildman–Crippen LogP) is 3.18. The van der Waals surface area contributed by atoms with E-state index in [1.54, 1.807) is 0 Å². The molecule has 1 aromatic carbocycles. The summed E-state index contributed by atoms with van der Waals surface area (Å²) in [7, 11) is 0. The van der Waals surface area contributed by atoms with Crippen molar-refractivity contribution in [3.63, 3.8) is 0 Å². The number of anilines is 1. The van der Waals surface area contributed by atoms with Gasteiger partial charge in [0.1, 0.15) is 6.26 Å². The Bertz CT molecular complexity index is 613. The van der Waals surface area contributed by atoms with E-state index in [1.165, 1.54) is 11.6 Å². The van der Waals surface area contributed by atoms with Crippen molar-refractivity contribution in [2.75, 3.05) is 5.32 Å². The highest BCUT2D eigenvalue weighted by Crippen LogP contribution is 2.14. The SMILES string of the molecule is CCCc1ccc(NC(=O)c2cc(C(=O)O)co2)cc1. The van der Waals surface area contributed by atoms with Crippen LogP contribution in [0.25, 0.3) is 0 Å². The Kier molecular flexibility index (Phi) is 4.20. The van der Waals surface area contributed by atoms with E-state index in [9.17, 15) is 9.59 Å². The van der Waals surface area contributed by atoms with Crippen molar-refractivity contribution in [3.05, 3.63) is 53.5 Å². The van der Waals surface area contributed by atoms with Gasteiger partial charge in [0.05, 0.1) is 5.56 Å². The van der Waals surface area contributed by atoms with Crippen LogP contribution >= 0.6 is 0 Å². The molecule has 20 heavy (non-hydrogen) atoms. The van der Waals surface area contributed by atoms with Crippen LogP contribution in [-0.2, 0) is 6.42 Å². The summed E-state index contributed by atoms with van der Waals surface area (Å²) in [5, 5.41) is 11.4. The first kappa shape index (κ1) is 13.9. The number of aromatic carboxylic acids is 1. The number of hydrogen-bond acceptors (Lipinski definition) is 3. The van der Waals surface area contributed by atoms with Gasteiger partial charge in [0.15, 0.2) is 5.76 Å². The molecule has 1 heterocycles. The van der Waals surface area contributed by atoms with Crippen molar-refractivity contribution in [3.8, 4) is 0 Å². The van der Waals surface area contributed by atoms with E-state index in [2.05, 4.69) is 12.2 Å². The number of hydrogen-bond donors (Lipinski definition) is 2. The zero-order valence-corrected chi connectivity index (χ0v) is 11.1. The molecule has 104 valence electrons. The normalized spacial score (nSPS) is 10.2. The lowest BCUT2D eigenvalue weighted by molar-refractivity contribution is 0.0696. The zero-order valence-electron chi connectivity index (χ0n) is 11.1. The van der Waals surface area contributed by atoms with Gasteiger partial charge in [0.2, 0.25) is 0 Å². The molecule has 0 aliphatic heterocycles. The highest BCUT2D eigenvalue weighted by atomic mass is 16.4. The molecule has 0 aliphatic rings. The molecule has 0 fully saturated rings. The molecule has 0 unspecified atom stereocenters. The highest BCUT2D eigenvalue weighted by molar-refractivity contribution is 6.03. The van der Waals surface area contributed by atoms with Crippen LogP contribution in [0.4, 0.5) is 5.69 Å². The lowest BCUT2D eigenvalue weighted by Crippen LogP contribution is -2.10. The highest BCUT2D eigenvalue weighted by Gasteiger charge is 2.14. The molecule has 1 aromatic heterocycles. The maximum atomic E-state index is 11.9. The van der Waals surface area contributed by atoms with Gasteiger partial charge in [-0.3, -0.25) is 4.79 Å². The third-order valence-electron chi connectivity index (χ3n) is 2.82. The number of carboxylic acid groups (broad SMARTS) is 1. The van der Waals surface area contributed by atoms with Crippen LogP contribution in [0, 0.1) is 0 Å². The Balaban J connectivity index is 2.04. The maximum Gasteiger partial charge on any atom is 0.338 e. The molecule has 5 heteroatoms. The Morgan fingerprint density at radius 3 is 2.50 bits per heavy atom. The maximum absolute atomic E-state index is 11.9.